The maximum Gasteiger partial charge on any atom is 0.0830 e. The van der Waals surface area contributed by atoms with E-state index in [0.29, 0.717) is 22.7 Å². The third-order valence-electron chi connectivity index (χ3n) is 22.0. The smallest absolute Gasteiger partial charge is 0.0830 e. The van der Waals surface area contributed by atoms with Crippen LogP contribution in [0, 0.1) is 42.3 Å². The molecule has 0 atom stereocenters. The predicted molar refractivity (Wildman–Crippen MR) is 555 cm³/mol. The standard InChI is InChI=1S/C30H31N2Si.C28H27N2Si.C26H22NSSi.3C11H8N.3Ir/c1-21(2)17-23-19-27(31-20-30(23)33(3,4)5)22-15-16-29-26(18-22)25-13-9-10-14-28(25)32(29)24-11-7-6-8-12-24;1-5-30-26-14-10-9-13-22(26)24-17-21(15-16-27(24)30)25-18-23(20-11-7-6-8-12-20)28(19-29-25)31(2,3)4;1-29(2,3)26-17-27-23(16-21(26)18-9-5-4-6-10-18)19-13-14-25-22(15-19)20-11-7-8-12-24(20)28-25;3*1-2-6-10(7-3-1)11-8-4-5-9-12-11;;;/h6-14,16,18-21H,17H2,1-5H3;6-14,16-19H,5H2,1-4H3;4-12,14-17H,1-3H3;3*1-6,8-9H;;;/q6*-1;;;/i;;;1D,2D,3D,4D,5D,8D,9D;4D,5D,8D,9D;1D,2D,3D;;;. The Hall–Kier alpha value is -12.0. The van der Waals surface area contributed by atoms with Crippen molar-refractivity contribution in [2.24, 2.45) is 5.92 Å². The molecule has 0 aliphatic heterocycles. The van der Waals surface area contributed by atoms with E-state index in [0.717, 1.165) is 46.7 Å². The van der Waals surface area contributed by atoms with Crippen molar-refractivity contribution in [1.29, 1.82) is 0 Å². The summed E-state index contributed by atoms with van der Waals surface area (Å²) in [6.45, 7) is 29.2. The Balaban J connectivity index is 0.000000149. The van der Waals surface area contributed by atoms with Crippen LogP contribution in [-0.2, 0) is 73.3 Å². The second-order valence-electron chi connectivity index (χ2n) is 34.5. The maximum atomic E-state index is 7.72. The normalized spacial score (nSPS) is 12.6. The summed E-state index contributed by atoms with van der Waals surface area (Å²) in [7, 11) is -4.53. The van der Waals surface area contributed by atoms with Crippen LogP contribution in [-0.4, -0.2) is 63.3 Å². The van der Waals surface area contributed by atoms with Crippen LogP contribution in [0.2, 0.25) is 58.9 Å². The number of aryl methyl sites for hydroxylation is 1. The molecule has 663 valence electrons. The molecule has 0 amide bonds. The van der Waals surface area contributed by atoms with Gasteiger partial charge in [-0.2, -0.15) is 11.3 Å². The van der Waals surface area contributed by atoms with Crippen molar-refractivity contribution in [2.75, 3.05) is 0 Å². The van der Waals surface area contributed by atoms with Gasteiger partial charge in [0.15, 0.2) is 0 Å². The van der Waals surface area contributed by atoms with E-state index in [2.05, 4.69) is 377 Å². The number of hydrogen-bond acceptors (Lipinski definition) is 7. The van der Waals surface area contributed by atoms with Crippen molar-refractivity contribution in [3.8, 4) is 95.5 Å². The van der Waals surface area contributed by atoms with Gasteiger partial charge in [-0.05, 0) is 174 Å². The molecule has 21 rings (SSSR count). The quantitative estimate of drug-likeness (QED) is 0.0751. The minimum absolute atomic E-state index is 0. The van der Waals surface area contributed by atoms with Crippen LogP contribution < -0.4 is 15.6 Å². The molecule has 0 unspecified atom stereocenters. The van der Waals surface area contributed by atoms with Gasteiger partial charge in [0, 0.05) is 131 Å². The van der Waals surface area contributed by atoms with E-state index < -0.39 is 42.5 Å². The Labute approximate surface area is 845 Å². The molecule has 12 aromatic carbocycles. The van der Waals surface area contributed by atoms with Gasteiger partial charge in [-0.3, -0.25) is 0 Å². The van der Waals surface area contributed by atoms with Crippen LogP contribution >= 0.6 is 11.3 Å². The largest absolute Gasteiger partial charge is 0.381 e. The molecule has 0 aliphatic rings. The van der Waals surface area contributed by atoms with E-state index >= 15 is 0 Å². The fourth-order valence-corrected chi connectivity index (χ4v) is 21.5. The zero-order valence-corrected chi connectivity index (χ0v) is 86.3. The van der Waals surface area contributed by atoms with Crippen LogP contribution in [0.15, 0.2) is 383 Å². The molecule has 0 saturated carbocycles. The van der Waals surface area contributed by atoms with Gasteiger partial charge >= 0.3 is 0 Å². The third kappa shape index (κ3) is 23.3. The summed E-state index contributed by atoms with van der Waals surface area (Å²) in [5.41, 5.74) is 20.9. The van der Waals surface area contributed by atoms with E-state index in [1.165, 1.54) is 125 Å². The number of benzene rings is 12. The molecule has 9 aromatic heterocycles. The van der Waals surface area contributed by atoms with E-state index in [1.807, 2.05) is 17.4 Å². The fourth-order valence-electron chi connectivity index (χ4n) is 15.9. The van der Waals surface area contributed by atoms with E-state index in [-0.39, 0.29) is 144 Å². The van der Waals surface area contributed by atoms with Crippen molar-refractivity contribution in [3.63, 3.8) is 0 Å². The van der Waals surface area contributed by atoms with Crippen molar-refractivity contribution in [3.05, 3.63) is 425 Å². The molecular weight excluding hydrogens is 2210 g/mol. The Morgan fingerprint density at radius 3 is 1.34 bits per heavy atom. The van der Waals surface area contributed by atoms with Crippen LogP contribution in [0.4, 0.5) is 0 Å². The van der Waals surface area contributed by atoms with E-state index in [4.69, 9.17) is 34.1 Å². The van der Waals surface area contributed by atoms with Gasteiger partial charge in [-0.1, -0.05) is 282 Å². The molecule has 0 bridgehead atoms. The van der Waals surface area contributed by atoms with Gasteiger partial charge in [-0.15, -0.1) is 179 Å². The number of para-hydroxylation sites is 3. The molecular formula is C117H104Ir3N8SSi3-6. The van der Waals surface area contributed by atoms with Crippen LogP contribution in [0.1, 0.15) is 45.5 Å². The summed E-state index contributed by atoms with van der Waals surface area (Å²) in [6, 6.07) is 109. The van der Waals surface area contributed by atoms with Gasteiger partial charge in [0.2, 0.25) is 0 Å². The van der Waals surface area contributed by atoms with Gasteiger partial charge in [-0.25, -0.2) is 0 Å². The first-order valence-corrected chi connectivity index (χ1v) is 54.4. The molecule has 0 fully saturated rings. The minimum atomic E-state index is -1.54. The van der Waals surface area contributed by atoms with Crippen molar-refractivity contribution < 1.29 is 79.5 Å². The fraction of sp³-hybridized carbons (Fsp3) is 0.128. The SMILES string of the molecule is CC(C)Cc1cc(-c2[c-]cc3c(c2)c2ccccc2n3-c2ccccc2)ncc1[Si](C)(C)C.CCn1c2c[c-]c(-c3cc(-c4ccccc4)c([Si](C)(C)C)cn3)cc2c2ccccc21.C[Si](C)(C)c1cnc(-c2[c-]cc3sc4ccccc4c3c2)cc1-c1ccccc1.[2H]c1[c-]c(-c2ccccn2)cc([2H])c1[2H].[2H]c1[c-]c(-c2nc([2H])c([2H])c([2H])c2[2H])cc([2H])c1[2H].[2H]c1nc(-c2[c-]cccc2)c([2H])c([2H])c1[2H].[Ir].[Ir].[Ir]. The molecule has 0 N–H and O–H groups in total. The van der Waals surface area contributed by atoms with E-state index in [9.17, 15) is 0 Å². The number of pyridine rings is 6. The predicted octanol–water partition coefficient (Wildman–Crippen LogP) is 29.0. The number of thiophene rings is 1. The molecule has 9 heterocycles. The molecule has 15 heteroatoms. The molecule has 8 nitrogen and oxygen atoms in total. The second kappa shape index (κ2) is 44.9. The van der Waals surface area contributed by atoms with Crippen LogP contribution in [0.5, 0.6) is 0 Å². The number of nitrogens with zero attached hydrogens (tertiary/aromatic N) is 8. The first-order chi connectivity index (χ1) is 68.4. The number of rotatable bonds is 15. The zero-order chi connectivity index (χ0) is 102. The van der Waals surface area contributed by atoms with Gasteiger partial charge < -0.3 is 39.0 Å². The summed E-state index contributed by atoms with van der Waals surface area (Å²) in [6.07, 6.45) is 8.36. The number of hydrogen-bond donors (Lipinski definition) is 0. The Bertz CT molecular complexity index is 8240. The molecule has 21 aromatic rings. The van der Waals surface area contributed by atoms with Gasteiger partial charge in [0.1, 0.15) is 0 Å². The second-order valence-corrected chi connectivity index (χ2v) is 50.7. The molecule has 0 saturated heterocycles. The summed E-state index contributed by atoms with van der Waals surface area (Å²) in [4.78, 5) is 26.4. The van der Waals surface area contributed by atoms with Crippen LogP contribution in [0.3, 0.4) is 0 Å². The van der Waals surface area contributed by atoms with Crippen molar-refractivity contribution >= 4 is 115 Å². The average Bonchev–Trinajstić information content (AvgIpc) is 1.59. The maximum absolute atomic E-state index is 7.72. The molecule has 3 radical (unpaired) electrons. The summed E-state index contributed by atoms with van der Waals surface area (Å²) >= 11 is 1.83. The Morgan fingerprint density at radius 2 is 0.811 bits per heavy atom. The Morgan fingerprint density at radius 1 is 0.348 bits per heavy atom. The monoisotopic (exact) mass is 2330 g/mol. The molecule has 132 heavy (non-hydrogen) atoms. The molecule has 0 aliphatic carbocycles. The number of fused-ring (bicyclic) bond motifs is 9. The molecule has 0 spiro atoms. The Kier molecular flexibility index (Phi) is 27.1. The van der Waals surface area contributed by atoms with Crippen molar-refractivity contribution in [1.82, 2.24) is 39.0 Å². The first kappa shape index (κ1) is 79.7. The number of aromatic nitrogens is 8. The minimum Gasteiger partial charge on any atom is -0.381 e. The van der Waals surface area contributed by atoms with Gasteiger partial charge in [0.05, 0.1) is 35.2 Å². The zero-order valence-electron chi connectivity index (χ0n) is 89.3. The topological polar surface area (TPSA) is 87.2 Å². The van der Waals surface area contributed by atoms with Gasteiger partial charge in [0.25, 0.3) is 0 Å². The average molecular weight is 2330 g/mol. The van der Waals surface area contributed by atoms with E-state index in [1.54, 1.807) is 42.6 Å². The summed E-state index contributed by atoms with van der Waals surface area (Å²) in [5, 5.41) is 11.9. The first-order valence-electron chi connectivity index (χ1n) is 50.1. The van der Waals surface area contributed by atoms with Crippen LogP contribution in [0.25, 0.3) is 159 Å². The van der Waals surface area contributed by atoms with Crippen molar-refractivity contribution in [2.45, 2.75) is 92.7 Å². The summed E-state index contributed by atoms with van der Waals surface area (Å²) < 4.78 is 112. The third-order valence-corrected chi connectivity index (χ3v) is 29.2. The summed E-state index contributed by atoms with van der Waals surface area (Å²) in [5.74, 6) is 0.616.